The highest BCUT2D eigenvalue weighted by Gasteiger charge is 2.10. The van der Waals surface area contributed by atoms with E-state index in [1.54, 1.807) is 22.7 Å². The average molecular weight is 429 g/mol. The van der Waals surface area contributed by atoms with E-state index in [2.05, 4.69) is 25.3 Å². The quantitative estimate of drug-likeness (QED) is 0.487. The topological polar surface area (TPSA) is 101 Å². The van der Waals surface area contributed by atoms with Crippen LogP contribution >= 0.6 is 11.6 Å². The molecule has 0 spiro atoms. The van der Waals surface area contributed by atoms with Gasteiger partial charge in [-0.2, -0.15) is 4.52 Å². The molecule has 0 saturated heterocycles. The molecule has 0 fully saturated rings. The number of hydrogen-bond acceptors (Lipinski definition) is 6. The minimum Gasteiger partial charge on any atom is -0.339 e. The number of rotatable bonds is 6. The molecule has 29 heavy (non-hydrogen) atoms. The van der Waals surface area contributed by atoms with Crippen molar-refractivity contribution < 1.29 is 8.42 Å². The normalized spacial score (nSPS) is 11.5. The lowest BCUT2D eigenvalue weighted by molar-refractivity contribution is 0.607. The largest absolute Gasteiger partial charge is 0.339 e. The highest BCUT2D eigenvalue weighted by atomic mass is 35.5. The fourth-order valence-corrected chi connectivity index (χ4v) is 3.57. The van der Waals surface area contributed by atoms with Crippen LogP contribution in [0.25, 0.3) is 5.65 Å². The van der Waals surface area contributed by atoms with Crippen molar-refractivity contribution in [1.82, 2.24) is 19.8 Å². The van der Waals surface area contributed by atoms with Crippen LogP contribution in [0.4, 0.5) is 17.2 Å². The van der Waals surface area contributed by atoms with E-state index in [4.69, 9.17) is 11.6 Å². The molecule has 0 aliphatic heterocycles. The highest BCUT2D eigenvalue weighted by molar-refractivity contribution is 7.92. The van der Waals surface area contributed by atoms with Crippen LogP contribution in [-0.2, 0) is 16.4 Å². The third-order valence-electron chi connectivity index (χ3n) is 4.04. The smallest absolute Gasteiger partial charge is 0.229 e. The monoisotopic (exact) mass is 428 g/mol. The first kappa shape index (κ1) is 19.2. The van der Waals surface area contributed by atoms with Crippen LogP contribution in [-0.4, -0.2) is 34.5 Å². The number of fused-ring (bicyclic) bond motifs is 1. The molecule has 8 nitrogen and oxygen atoms in total. The Kier molecular flexibility index (Phi) is 5.08. The van der Waals surface area contributed by atoms with Crippen molar-refractivity contribution in [2.75, 3.05) is 16.3 Å². The van der Waals surface area contributed by atoms with E-state index in [-0.39, 0.29) is 0 Å². The Bertz CT molecular complexity index is 1270. The predicted octanol–water partition coefficient (Wildman–Crippen LogP) is 3.48. The highest BCUT2D eigenvalue weighted by Crippen LogP contribution is 2.20. The standard InChI is InChI=1S/C19H17ClN6O2S/c1-29(27,28)25-15-7-5-13(6-8-15)11-19-23-22-18-10-9-17(24-26(18)19)21-16-4-2-3-14(20)12-16/h2-10,12,25H,11H2,1H3,(H,21,24). The van der Waals surface area contributed by atoms with E-state index >= 15 is 0 Å². The minimum absolute atomic E-state index is 0.494. The van der Waals surface area contributed by atoms with Gasteiger partial charge in [0.25, 0.3) is 0 Å². The third kappa shape index (κ3) is 4.82. The van der Waals surface area contributed by atoms with Crippen molar-refractivity contribution in [3.8, 4) is 0 Å². The van der Waals surface area contributed by atoms with Crippen LogP contribution < -0.4 is 10.0 Å². The van der Waals surface area contributed by atoms with Gasteiger partial charge in [0.05, 0.1) is 6.26 Å². The Labute approximate surface area is 172 Å². The Morgan fingerprint density at radius 2 is 1.79 bits per heavy atom. The zero-order chi connectivity index (χ0) is 20.4. The third-order valence-corrected chi connectivity index (χ3v) is 4.89. The van der Waals surface area contributed by atoms with Gasteiger partial charge < -0.3 is 5.32 Å². The summed E-state index contributed by atoms with van der Waals surface area (Å²) in [5.74, 6) is 1.30. The van der Waals surface area contributed by atoms with Crippen molar-refractivity contribution in [1.29, 1.82) is 0 Å². The second-order valence-corrected chi connectivity index (χ2v) is 8.67. The maximum atomic E-state index is 11.3. The van der Waals surface area contributed by atoms with Gasteiger partial charge in [0.15, 0.2) is 17.3 Å². The second kappa shape index (κ2) is 7.69. The van der Waals surface area contributed by atoms with Crippen LogP contribution in [0.15, 0.2) is 60.7 Å². The summed E-state index contributed by atoms with van der Waals surface area (Å²) in [6.45, 7) is 0. The summed E-state index contributed by atoms with van der Waals surface area (Å²) in [7, 11) is -3.30. The molecule has 0 amide bonds. The predicted molar refractivity (Wildman–Crippen MR) is 113 cm³/mol. The van der Waals surface area contributed by atoms with E-state index in [1.165, 1.54) is 0 Å². The first-order valence-electron chi connectivity index (χ1n) is 8.66. The molecular weight excluding hydrogens is 412 g/mol. The van der Waals surface area contributed by atoms with E-state index in [0.29, 0.717) is 34.4 Å². The maximum Gasteiger partial charge on any atom is 0.229 e. The molecule has 2 aromatic carbocycles. The number of nitrogens with one attached hydrogen (secondary N) is 2. The molecular formula is C19H17ClN6O2S. The van der Waals surface area contributed by atoms with Gasteiger partial charge in [-0.1, -0.05) is 29.8 Å². The summed E-state index contributed by atoms with van der Waals surface area (Å²) in [5.41, 5.74) is 2.92. The van der Waals surface area contributed by atoms with Gasteiger partial charge in [-0.3, -0.25) is 4.72 Å². The van der Waals surface area contributed by atoms with Crippen LogP contribution in [0.5, 0.6) is 0 Å². The lowest BCUT2D eigenvalue weighted by atomic mass is 10.1. The number of benzene rings is 2. The summed E-state index contributed by atoms with van der Waals surface area (Å²) in [6.07, 6.45) is 1.61. The van der Waals surface area contributed by atoms with Crippen molar-refractivity contribution in [3.63, 3.8) is 0 Å². The van der Waals surface area contributed by atoms with Crippen molar-refractivity contribution in [3.05, 3.63) is 77.1 Å². The fourth-order valence-electron chi connectivity index (χ4n) is 2.81. The van der Waals surface area contributed by atoms with Crippen LogP contribution in [0.2, 0.25) is 5.02 Å². The molecule has 0 aliphatic carbocycles. The SMILES string of the molecule is CS(=O)(=O)Nc1ccc(Cc2nnc3ccc(Nc4cccc(Cl)c4)nn23)cc1. The number of aromatic nitrogens is 4. The van der Waals surface area contributed by atoms with Crippen LogP contribution in [0.1, 0.15) is 11.4 Å². The molecule has 0 unspecified atom stereocenters. The Balaban J connectivity index is 1.56. The maximum absolute atomic E-state index is 11.3. The molecule has 2 heterocycles. The zero-order valence-electron chi connectivity index (χ0n) is 15.4. The molecule has 0 atom stereocenters. The Morgan fingerprint density at radius 3 is 2.52 bits per heavy atom. The zero-order valence-corrected chi connectivity index (χ0v) is 16.9. The van der Waals surface area contributed by atoms with E-state index in [9.17, 15) is 8.42 Å². The van der Waals surface area contributed by atoms with Gasteiger partial charge in [0.2, 0.25) is 10.0 Å². The second-order valence-electron chi connectivity index (χ2n) is 6.49. The lowest BCUT2D eigenvalue weighted by Gasteiger charge is -2.07. The van der Waals surface area contributed by atoms with Gasteiger partial charge in [-0.15, -0.1) is 15.3 Å². The van der Waals surface area contributed by atoms with Gasteiger partial charge in [0.1, 0.15) is 0 Å². The molecule has 0 bridgehead atoms. The summed E-state index contributed by atoms with van der Waals surface area (Å²) < 4.78 is 26.7. The number of sulfonamides is 1. The van der Waals surface area contributed by atoms with Gasteiger partial charge >= 0.3 is 0 Å². The number of hydrogen-bond donors (Lipinski definition) is 2. The lowest BCUT2D eigenvalue weighted by Crippen LogP contribution is -2.09. The molecule has 0 saturated carbocycles. The first-order chi connectivity index (χ1) is 13.9. The van der Waals surface area contributed by atoms with E-state index in [1.807, 2.05) is 42.5 Å². The molecule has 4 aromatic rings. The summed E-state index contributed by atoms with van der Waals surface area (Å²) in [5, 5.41) is 16.8. The molecule has 2 N–H and O–H groups in total. The van der Waals surface area contributed by atoms with E-state index < -0.39 is 10.0 Å². The molecule has 0 radical (unpaired) electrons. The minimum atomic E-state index is -3.30. The first-order valence-corrected chi connectivity index (χ1v) is 10.9. The van der Waals surface area contributed by atoms with Gasteiger partial charge in [-0.05, 0) is 48.0 Å². The van der Waals surface area contributed by atoms with Crippen molar-refractivity contribution >= 4 is 44.5 Å². The average Bonchev–Trinajstić information content (AvgIpc) is 3.04. The van der Waals surface area contributed by atoms with Crippen LogP contribution in [0.3, 0.4) is 0 Å². The number of halogens is 1. The van der Waals surface area contributed by atoms with Crippen molar-refractivity contribution in [2.45, 2.75) is 6.42 Å². The number of anilines is 3. The molecule has 0 aliphatic rings. The Morgan fingerprint density at radius 1 is 1.00 bits per heavy atom. The molecule has 4 rings (SSSR count). The number of nitrogens with zero attached hydrogens (tertiary/aromatic N) is 4. The molecule has 2 aromatic heterocycles. The van der Waals surface area contributed by atoms with Gasteiger partial charge in [0, 0.05) is 22.8 Å². The van der Waals surface area contributed by atoms with Crippen molar-refractivity contribution in [2.24, 2.45) is 0 Å². The van der Waals surface area contributed by atoms with Crippen LogP contribution in [0, 0.1) is 0 Å². The summed E-state index contributed by atoms with van der Waals surface area (Å²) >= 11 is 6.03. The summed E-state index contributed by atoms with van der Waals surface area (Å²) in [4.78, 5) is 0. The Hall–Kier alpha value is -3.17. The van der Waals surface area contributed by atoms with Gasteiger partial charge in [-0.25, -0.2) is 8.42 Å². The molecule has 148 valence electrons. The fraction of sp³-hybridized carbons (Fsp3) is 0.105. The molecule has 10 heteroatoms. The van der Waals surface area contributed by atoms with E-state index in [0.717, 1.165) is 17.5 Å². The summed E-state index contributed by atoms with van der Waals surface area (Å²) in [6, 6.07) is 18.1.